The summed E-state index contributed by atoms with van der Waals surface area (Å²) < 4.78 is 4.12. The standard InChI is InChI=1S/C23H26N6/c1-4-10-28-21-9-8-20(19-7-5-6-15(2)16(19)3)26-23(21)22(27-28)17-11-25-29(14-17)18-12-24-13-18/h5-9,11,14,18,24H,4,10,12-13H2,1-3H3. The van der Waals surface area contributed by atoms with E-state index in [1.165, 1.54) is 16.7 Å². The van der Waals surface area contributed by atoms with Crippen molar-refractivity contribution in [3.8, 4) is 22.5 Å². The van der Waals surface area contributed by atoms with E-state index in [1.807, 2.05) is 10.9 Å². The molecule has 0 amide bonds. The Morgan fingerprint density at radius 1 is 1.14 bits per heavy atom. The summed E-state index contributed by atoms with van der Waals surface area (Å²) in [6, 6.07) is 11.1. The number of fused-ring (bicyclic) bond motifs is 1. The van der Waals surface area contributed by atoms with Crippen LogP contribution in [-0.2, 0) is 6.54 Å². The largest absolute Gasteiger partial charge is 0.312 e. The number of pyridine rings is 1. The van der Waals surface area contributed by atoms with E-state index in [0.29, 0.717) is 6.04 Å². The number of rotatable bonds is 5. The van der Waals surface area contributed by atoms with Gasteiger partial charge in [-0.05, 0) is 43.5 Å². The molecule has 148 valence electrons. The first-order chi connectivity index (χ1) is 14.2. The normalized spacial score (nSPS) is 14.4. The first kappa shape index (κ1) is 18.1. The molecule has 1 saturated heterocycles. The van der Waals surface area contributed by atoms with Crippen LogP contribution in [0.15, 0.2) is 42.7 Å². The van der Waals surface area contributed by atoms with E-state index >= 15 is 0 Å². The Kier molecular flexibility index (Phi) is 4.43. The van der Waals surface area contributed by atoms with Crippen LogP contribution >= 0.6 is 0 Å². The monoisotopic (exact) mass is 386 g/mol. The second-order valence-electron chi connectivity index (χ2n) is 7.90. The molecule has 0 bridgehead atoms. The molecule has 0 spiro atoms. The number of aryl methyl sites for hydroxylation is 2. The molecule has 0 atom stereocenters. The fraction of sp³-hybridized carbons (Fsp3) is 0.348. The fourth-order valence-electron chi connectivity index (χ4n) is 3.93. The summed E-state index contributed by atoms with van der Waals surface area (Å²) in [7, 11) is 0. The molecule has 4 aromatic rings. The van der Waals surface area contributed by atoms with Gasteiger partial charge in [-0.15, -0.1) is 0 Å². The third-order valence-corrected chi connectivity index (χ3v) is 5.92. The number of nitrogens with zero attached hydrogens (tertiary/aromatic N) is 5. The molecule has 5 rings (SSSR count). The van der Waals surface area contributed by atoms with Gasteiger partial charge in [0, 0.05) is 37.0 Å². The van der Waals surface area contributed by atoms with E-state index in [9.17, 15) is 0 Å². The van der Waals surface area contributed by atoms with Gasteiger partial charge in [0.1, 0.15) is 11.2 Å². The fourth-order valence-corrected chi connectivity index (χ4v) is 3.93. The summed E-state index contributed by atoms with van der Waals surface area (Å²) >= 11 is 0. The van der Waals surface area contributed by atoms with Crippen molar-refractivity contribution in [3.63, 3.8) is 0 Å². The maximum atomic E-state index is 5.08. The molecule has 29 heavy (non-hydrogen) atoms. The zero-order chi connectivity index (χ0) is 20.0. The predicted molar refractivity (Wildman–Crippen MR) is 116 cm³/mol. The number of benzene rings is 1. The Morgan fingerprint density at radius 3 is 2.76 bits per heavy atom. The molecular weight excluding hydrogens is 360 g/mol. The van der Waals surface area contributed by atoms with Crippen LogP contribution in [0, 0.1) is 13.8 Å². The van der Waals surface area contributed by atoms with Crippen molar-refractivity contribution in [2.24, 2.45) is 0 Å². The molecular formula is C23H26N6. The van der Waals surface area contributed by atoms with Gasteiger partial charge in [-0.3, -0.25) is 9.36 Å². The van der Waals surface area contributed by atoms with Crippen LogP contribution in [0.4, 0.5) is 0 Å². The molecule has 1 fully saturated rings. The van der Waals surface area contributed by atoms with Gasteiger partial charge in [-0.25, -0.2) is 4.98 Å². The summed E-state index contributed by atoms with van der Waals surface area (Å²) in [5.74, 6) is 0. The Balaban J connectivity index is 1.66. The van der Waals surface area contributed by atoms with E-state index in [0.717, 1.165) is 54.0 Å². The topological polar surface area (TPSA) is 60.6 Å². The van der Waals surface area contributed by atoms with Gasteiger partial charge in [0.2, 0.25) is 0 Å². The average Bonchev–Trinajstić information content (AvgIpc) is 3.28. The van der Waals surface area contributed by atoms with Crippen LogP contribution in [0.25, 0.3) is 33.5 Å². The lowest BCUT2D eigenvalue weighted by atomic mass is 10.0. The van der Waals surface area contributed by atoms with Crippen LogP contribution < -0.4 is 5.32 Å². The molecule has 6 heteroatoms. The summed E-state index contributed by atoms with van der Waals surface area (Å²) in [6.45, 7) is 9.30. The van der Waals surface area contributed by atoms with E-state index in [-0.39, 0.29) is 0 Å². The Morgan fingerprint density at radius 2 is 2.00 bits per heavy atom. The van der Waals surface area contributed by atoms with Crippen LogP contribution in [0.2, 0.25) is 0 Å². The minimum atomic E-state index is 0.436. The van der Waals surface area contributed by atoms with Crippen molar-refractivity contribution in [1.29, 1.82) is 0 Å². The third-order valence-electron chi connectivity index (χ3n) is 5.92. The van der Waals surface area contributed by atoms with Crippen LogP contribution in [-0.4, -0.2) is 37.6 Å². The Labute approximate surface area is 170 Å². The molecule has 1 aliphatic rings. The van der Waals surface area contributed by atoms with Crippen LogP contribution in [0.3, 0.4) is 0 Å². The third kappa shape index (κ3) is 3.04. The van der Waals surface area contributed by atoms with Crippen molar-refractivity contribution in [1.82, 2.24) is 29.9 Å². The van der Waals surface area contributed by atoms with Crippen molar-refractivity contribution < 1.29 is 0 Å². The lowest BCUT2D eigenvalue weighted by Gasteiger charge is -2.27. The minimum Gasteiger partial charge on any atom is -0.312 e. The quantitative estimate of drug-likeness (QED) is 0.560. The van der Waals surface area contributed by atoms with E-state index in [2.05, 4.69) is 72.4 Å². The molecule has 1 N–H and O–H groups in total. The smallest absolute Gasteiger partial charge is 0.122 e. The van der Waals surface area contributed by atoms with Crippen molar-refractivity contribution in [3.05, 3.63) is 53.9 Å². The molecule has 0 unspecified atom stereocenters. The minimum absolute atomic E-state index is 0.436. The maximum absolute atomic E-state index is 5.08. The molecule has 1 aliphatic heterocycles. The summed E-state index contributed by atoms with van der Waals surface area (Å²) in [4.78, 5) is 5.08. The Hall–Kier alpha value is -2.99. The molecule has 0 saturated carbocycles. The molecule has 6 nitrogen and oxygen atoms in total. The molecule has 3 aromatic heterocycles. The lowest BCUT2D eigenvalue weighted by Crippen LogP contribution is -2.43. The number of hydrogen-bond acceptors (Lipinski definition) is 4. The molecule has 0 aliphatic carbocycles. The van der Waals surface area contributed by atoms with Gasteiger partial charge in [0.05, 0.1) is 23.4 Å². The first-order valence-electron chi connectivity index (χ1n) is 10.3. The predicted octanol–water partition coefficient (Wildman–Crippen LogP) is 4.13. The SMILES string of the molecule is CCCn1nc(-c2cnn(C3CNC3)c2)c2nc(-c3cccc(C)c3C)ccc21. The number of nitrogens with one attached hydrogen (secondary N) is 1. The zero-order valence-corrected chi connectivity index (χ0v) is 17.2. The van der Waals surface area contributed by atoms with Crippen molar-refractivity contribution in [2.45, 2.75) is 39.8 Å². The van der Waals surface area contributed by atoms with Crippen LogP contribution in [0.5, 0.6) is 0 Å². The summed E-state index contributed by atoms with van der Waals surface area (Å²) in [6.07, 6.45) is 5.06. The number of aromatic nitrogens is 5. The van der Waals surface area contributed by atoms with Gasteiger partial charge in [-0.2, -0.15) is 10.2 Å². The van der Waals surface area contributed by atoms with Crippen molar-refractivity contribution in [2.75, 3.05) is 13.1 Å². The van der Waals surface area contributed by atoms with Gasteiger partial charge in [0.25, 0.3) is 0 Å². The highest BCUT2D eigenvalue weighted by atomic mass is 15.3. The second-order valence-corrected chi connectivity index (χ2v) is 7.90. The van der Waals surface area contributed by atoms with E-state index in [1.54, 1.807) is 0 Å². The number of hydrogen-bond donors (Lipinski definition) is 1. The molecule has 0 radical (unpaired) electrons. The van der Waals surface area contributed by atoms with Gasteiger partial charge in [0.15, 0.2) is 0 Å². The Bertz CT molecular complexity index is 1180. The van der Waals surface area contributed by atoms with Crippen LogP contribution in [0.1, 0.15) is 30.5 Å². The lowest BCUT2D eigenvalue weighted by molar-refractivity contribution is 0.318. The van der Waals surface area contributed by atoms with Gasteiger partial charge < -0.3 is 5.32 Å². The molecule has 1 aromatic carbocycles. The highest BCUT2D eigenvalue weighted by Crippen LogP contribution is 2.31. The van der Waals surface area contributed by atoms with E-state index < -0.39 is 0 Å². The average molecular weight is 387 g/mol. The summed E-state index contributed by atoms with van der Waals surface area (Å²) in [5.41, 5.74) is 8.69. The van der Waals surface area contributed by atoms with Gasteiger partial charge in [-0.1, -0.05) is 25.1 Å². The summed E-state index contributed by atoms with van der Waals surface area (Å²) in [5, 5.41) is 12.8. The van der Waals surface area contributed by atoms with Crippen molar-refractivity contribution >= 4 is 11.0 Å². The van der Waals surface area contributed by atoms with Gasteiger partial charge >= 0.3 is 0 Å². The highest BCUT2D eigenvalue weighted by Gasteiger charge is 2.22. The molecule has 4 heterocycles. The zero-order valence-electron chi connectivity index (χ0n) is 17.2. The van der Waals surface area contributed by atoms with E-state index in [4.69, 9.17) is 10.1 Å². The second kappa shape index (κ2) is 7.12. The first-order valence-corrected chi connectivity index (χ1v) is 10.3. The highest BCUT2D eigenvalue weighted by molar-refractivity contribution is 5.91. The maximum Gasteiger partial charge on any atom is 0.122 e.